The lowest BCUT2D eigenvalue weighted by atomic mass is 10.1. The average molecular weight is 359 g/mol. The summed E-state index contributed by atoms with van der Waals surface area (Å²) in [5.74, 6) is 0. The van der Waals surface area contributed by atoms with Gasteiger partial charge in [-0.05, 0) is 37.6 Å². The van der Waals surface area contributed by atoms with Crippen molar-refractivity contribution in [1.82, 2.24) is 13.7 Å². The molecule has 0 radical (unpaired) electrons. The van der Waals surface area contributed by atoms with E-state index in [1.54, 1.807) is 7.05 Å². The van der Waals surface area contributed by atoms with E-state index in [0.29, 0.717) is 11.0 Å². The van der Waals surface area contributed by atoms with Gasteiger partial charge in [0.05, 0.1) is 11.2 Å². The van der Waals surface area contributed by atoms with Crippen molar-refractivity contribution < 1.29 is 0 Å². The van der Waals surface area contributed by atoms with E-state index in [1.807, 2.05) is 73.0 Å². The molecule has 0 saturated heterocycles. The van der Waals surface area contributed by atoms with Gasteiger partial charge in [0.2, 0.25) is 0 Å². The van der Waals surface area contributed by atoms with E-state index >= 15 is 0 Å². The average Bonchev–Trinajstić information content (AvgIpc) is 3.06. The highest BCUT2D eigenvalue weighted by Crippen LogP contribution is 2.29. The number of aromatic nitrogens is 3. The van der Waals surface area contributed by atoms with Crippen molar-refractivity contribution in [3.8, 4) is 16.9 Å². The Morgan fingerprint density at radius 2 is 1.30 bits per heavy atom. The zero-order valence-electron chi connectivity index (χ0n) is 15.9. The van der Waals surface area contributed by atoms with E-state index < -0.39 is 0 Å². The second kappa shape index (κ2) is 6.13. The normalized spacial score (nSPS) is 11.3. The molecule has 0 bridgehead atoms. The lowest BCUT2D eigenvalue weighted by molar-refractivity contribution is 0.711. The van der Waals surface area contributed by atoms with Crippen LogP contribution in [0.1, 0.15) is 11.1 Å². The molecule has 0 aliphatic rings. The van der Waals surface area contributed by atoms with Gasteiger partial charge in [-0.25, -0.2) is 4.79 Å². The molecule has 0 atom stereocenters. The molecular weight excluding hydrogens is 338 g/mol. The number of benzene rings is 2. The maximum Gasteiger partial charge on any atom is 0.331 e. The van der Waals surface area contributed by atoms with E-state index in [4.69, 9.17) is 0 Å². The smallest absolute Gasteiger partial charge is 0.303 e. The largest absolute Gasteiger partial charge is 0.331 e. The zero-order valence-corrected chi connectivity index (χ0v) is 15.9. The molecule has 5 nitrogen and oxygen atoms in total. The quantitative estimate of drug-likeness (QED) is 0.551. The first kappa shape index (κ1) is 17.1. The van der Waals surface area contributed by atoms with Crippen molar-refractivity contribution in [2.75, 3.05) is 0 Å². The number of nitrogens with zero attached hydrogens (tertiary/aromatic N) is 3. The summed E-state index contributed by atoms with van der Waals surface area (Å²) in [7, 11) is 3.21. The van der Waals surface area contributed by atoms with E-state index in [-0.39, 0.29) is 11.2 Å². The molecule has 27 heavy (non-hydrogen) atoms. The molecule has 0 aliphatic carbocycles. The second-order valence-corrected chi connectivity index (χ2v) is 7.01. The molecule has 0 fully saturated rings. The highest BCUT2D eigenvalue weighted by molar-refractivity contribution is 5.86. The second-order valence-electron chi connectivity index (χ2n) is 7.01. The van der Waals surface area contributed by atoms with Gasteiger partial charge in [-0.2, -0.15) is 0 Å². The zero-order chi connectivity index (χ0) is 19.3. The predicted octanol–water partition coefficient (Wildman–Crippen LogP) is 3.31. The number of aryl methyl sites for hydroxylation is 3. The topological polar surface area (TPSA) is 48.9 Å². The summed E-state index contributed by atoms with van der Waals surface area (Å²) >= 11 is 0. The molecular formula is C22H21N3O2. The summed E-state index contributed by atoms with van der Waals surface area (Å²) < 4.78 is 4.63. The summed E-state index contributed by atoms with van der Waals surface area (Å²) in [5.41, 5.74) is 5.57. The molecule has 0 amide bonds. The van der Waals surface area contributed by atoms with Gasteiger partial charge in [0, 0.05) is 19.8 Å². The standard InChI is InChI=1S/C22H21N3O2/c1-14-5-9-16(10-6-14)18-13-19-20(21(26)24(4)22(27)23(19)3)25(18)17-11-7-15(2)8-12-17/h5-13H,1-4H3. The van der Waals surface area contributed by atoms with Crippen LogP contribution in [0.2, 0.25) is 0 Å². The molecule has 2 aromatic heterocycles. The van der Waals surface area contributed by atoms with E-state index in [2.05, 4.69) is 0 Å². The van der Waals surface area contributed by atoms with Gasteiger partial charge >= 0.3 is 5.69 Å². The van der Waals surface area contributed by atoms with Gasteiger partial charge in [0.15, 0.2) is 0 Å². The van der Waals surface area contributed by atoms with Gasteiger partial charge < -0.3 is 4.57 Å². The predicted molar refractivity (Wildman–Crippen MR) is 109 cm³/mol. The third-order valence-electron chi connectivity index (χ3n) is 5.06. The molecule has 5 heteroatoms. The van der Waals surface area contributed by atoms with Gasteiger partial charge in [-0.1, -0.05) is 47.5 Å². The van der Waals surface area contributed by atoms with Crippen molar-refractivity contribution in [1.29, 1.82) is 0 Å². The summed E-state index contributed by atoms with van der Waals surface area (Å²) in [5, 5.41) is 0. The third-order valence-corrected chi connectivity index (χ3v) is 5.06. The SMILES string of the molecule is Cc1ccc(-c2cc3c(c(=O)n(C)c(=O)n3C)n2-c2ccc(C)cc2)cc1. The van der Waals surface area contributed by atoms with Crippen LogP contribution in [0.15, 0.2) is 64.2 Å². The Labute approximate surface area is 156 Å². The minimum atomic E-state index is -0.330. The van der Waals surface area contributed by atoms with Crippen molar-refractivity contribution in [3.05, 3.63) is 86.6 Å². The summed E-state index contributed by atoms with van der Waals surface area (Å²) in [6, 6.07) is 18.1. The number of fused-ring (bicyclic) bond motifs is 1. The Kier molecular flexibility index (Phi) is 3.88. The van der Waals surface area contributed by atoms with Crippen LogP contribution in [0.4, 0.5) is 0 Å². The van der Waals surface area contributed by atoms with Crippen LogP contribution in [0.25, 0.3) is 28.0 Å². The molecule has 0 saturated carbocycles. The van der Waals surface area contributed by atoms with Gasteiger partial charge in [0.25, 0.3) is 5.56 Å². The summed E-state index contributed by atoms with van der Waals surface area (Å²) in [6.07, 6.45) is 0. The van der Waals surface area contributed by atoms with Gasteiger partial charge in [-0.3, -0.25) is 13.9 Å². The summed E-state index contributed by atoms with van der Waals surface area (Å²) in [6.45, 7) is 4.07. The molecule has 136 valence electrons. The molecule has 2 heterocycles. The number of hydrogen-bond acceptors (Lipinski definition) is 2. The lowest BCUT2D eigenvalue weighted by Gasteiger charge is -2.12. The van der Waals surface area contributed by atoms with Gasteiger partial charge in [-0.15, -0.1) is 0 Å². The lowest BCUT2D eigenvalue weighted by Crippen LogP contribution is -2.37. The van der Waals surface area contributed by atoms with E-state index in [9.17, 15) is 9.59 Å². The minimum Gasteiger partial charge on any atom is -0.303 e. The van der Waals surface area contributed by atoms with Crippen molar-refractivity contribution in [2.24, 2.45) is 14.1 Å². The van der Waals surface area contributed by atoms with Crippen LogP contribution < -0.4 is 11.2 Å². The van der Waals surface area contributed by atoms with Crippen LogP contribution in [0, 0.1) is 13.8 Å². The fourth-order valence-corrected chi connectivity index (χ4v) is 3.43. The van der Waals surface area contributed by atoms with Crippen LogP contribution in [0.3, 0.4) is 0 Å². The van der Waals surface area contributed by atoms with E-state index in [0.717, 1.165) is 27.1 Å². The Balaban J connectivity index is 2.18. The Morgan fingerprint density at radius 1 is 0.741 bits per heavy atom. The summed E-state index contributed by atoms with van der Waals surface area (Å²) in [4.78, 5) is 25.4. The molecule has 0 N–H and O–H groups in total. The molecule has 4 aromatic rings. The molecule has 0 spiro atoms. The maximum absolute atomic E-state index is 13.0. The fraction of sp³-hybridized carbons (Fsp3) is 0.182. The van der Waals surface area contributed by atoms with E-state index in [1.165, 1.54) is 17.2 Å². The fourth-order valence-electron chi connectivity index (χ4n) is 3.43. The highest BCUT2D eigenvalue weighted by Gasteiger charge is 2.19. The molecule has 0 aliphatic heterocycles. The van der Waals surface area contributed by atoms with Crippen LogP contribution in [-0.4, -0.2) is 13.7 Å². The molecule has 2 aromatic carbocycles. The maximum atomic E-state index is 13.0. The third kappa shape index (κ3) is 2.63. The first-order chi connectivity index (χ1) is 12.9. The molecule has 0 unspecified atom stereocenters. The minimum absolute atomic E-state index is 0.299. The number of hydrogen-bond donors (Lipinski definition) is 0. The van der Waals surface area contributed by atoms with Crippen LogP contribution in [-0.2, 0) is 14.1 Å². The van der Waals surface area contributed by atoms with Crippen LogP contribution in [0.5, 0.6) is 0 Å². The number of rotatable bonds is 2. The highest BCUT2D eigenvalue weighted by atomic mass is 16.2. The Morgan fingerprint density at radius 3 is 1.89 bits per heavy atom. The van der Waals surface area contributed by atoms with Crippen LogP contribution >= 0.6 is 0 Å². The van der Waals surface area contributed by atoms with Crippen molar-refractivity contribution >= 4 is 11.0 Å². The van der Waals surface area contributed by atoms with Gasteiger partial charge in [0.1, 0.15) is 5.52 Å². The first-order valence-corrected chi connectivity index (χ1v) is 8.84. The Bertz CT molecular complexity index is 1270. The monoisotopic (exact) mass is 359 g/mol. The molecule has 4 rings (SSSR count). The van der Waals surface area contributed by atoms with Crippen molar-refractivity contribution in [3.63, 3.8) is 0 Å². The van der Waals surface area contributed by atoms with Crippen molar-refractivity contribution in [2.45, 2.75) is 13.8 Å². The first-order valence-electron chi connectivity index (χ1n) is 8.84. The Hall–Kier alpha value is -3.34.